The second kappa shape index (κ2) is 17.9. The van der Waals surface area contributed by atoms with Crippen molar-refractivity contribution in [3.8, 4) is 67.7 Å². The second-order valence-electron chi connectivity index (χ2n) is 16.9. The average molecular weight is 903 g/mol. The molecule has 0 radical (unpaired) electrons. The van der Waals surface area contributed by atoms with E-state index in [1.165, 1.54) is 0 Å². The minimum absolute atomic E-state index is 0.334. The first-order valence-corrected chi connectivity index (χ1v) is 22.8. The molecule has 4 aromatic heterocycles. The second-order valence-corrected chi connectivity index (χ2v) is 16.9. The molecule has 12 rings (SSSR count). The van der Waals surface area contributed by atoms with Gasteiger partial charge in [0.1, 0.15) is 11.5 Å². The van der Waals surface area contributed by atoms with E-state index in [2.05, 4.69) is 60.7 Å². The average Bonchev–Trinajstić information content (AvgIpc) is 3.43. The summed E-state index contributed by atoms with van der Waals surface area (Å²) < 4.78 is 11.5. The number of para-hydroxylation sites is 2. The Kier molecular flexibility index (Phi) is 10.7. The number of hydrogen-bond acceptors (Lipinski definition) is 8. The predicted molar refractivity (Wildman–Crippen MR) is 278 cm³/mol. The normalized spacial score (nSPS) is 11.3. The lowest BCUT2D eigenvalue weighted by atomic mass is 9.99. The van der Waals surface area contributed by atoms with Gasteiger partial charge in [-0.2, -0.15) is 0 Å². The number of pyridine rings is 4. The number of ether oxygens (including phenoxy) is 2. The summed E-state index contributed by atoms with van der Waals surface area (Å²) in [5.74, 6) is -0.0754. The summed E-state index contributed by atoms with van der Waals surface area (Å²) >= 11 is 0. The molecule has 0 aliphatic carbocycles. The third-order valence-corrected chi connectivity index (χ3v) is 12.4. The van der Waals surface area contributed by atoms with Gasteiger partial charge in [0.05, 0.1) is 56.0 Å². The van der Waals surface area contributed by atoms with Crippen LogP contribution >= 0.6 is 0 Å². The number of benzene rings is 8. The molecule has 0 aliphatic rings. The molecule has 8 heteroatoms. The Morgan fingerprint density at radius 1 is 0.271 bits per heavy atom. The number of esters is 2. The number of hydrogen-bond donors (Lipinski definition) is 0. The van der Waals surface area contributed by atoms with E-state index in [1.54, 1.807) is 42.5 Å². The lowest BCUT2D eigenvalue weighted by molar-refractivity contribution is 0.0725. The van der Waals surface area contributed by atoms with Gasteiger partial charge in [-0.25, -0.2) is 29.5 Å². The molecule has 0 spiro atoms. The summed E-state index contributed by atoms with van der Waals surface area (Å²) in [7, 11) is 0. The van der Waals surface area contributed by atoms with Crippen LogP contribution in [-0.4, -0.2) is 31.9 Å². The molecule has 0 saturated carbocycles. The first-order valence-electron chi connectivity index (χ1n) is 22.8. The van der Waals surface area contributed by atoms with Gasteiger partial charge in [-0.15, -0.1) is 0 Å². The Balaban J connectivity index is 0.952. The van der Waals surface area contributed by atoms with E-state index in [-0.39, 0.29) is 0 Å². The van der Waals surface area contributed by atoms with E-state index in [0.29, 0.717) is 61.9 Å². The zero-order valence-corrected chi connectivity index (χ0v) is 37.4. The van der Waals surface area contributed by atoms with Crippen molar-refractivity contribution >= 4 is 55.6 Å². The van der Waals surface area contributed by atoms with E-state index < -0.39 is 11.9 Å². The Hall–Kier alpha value is -9.66. The van der Waals surface area contributed by atoms with Gasteiger partial charge in [-0.05, 0) is 96.1 Å². The fourth-order valence-electron chi connectivity index (χ4n) is 8.82. The summed E-state index contributed by atoms with van der Waals surface area (Å²) in [5, 5.41) is 3.69. The summed E-state index contributed by atoms with van der Waals surface area (Å²) in [5.41, 5.74) is 11.8. The number of fused-ring (bicyclic) bond motifs is 6. The van der Waals surface area contributed by atoms with Gasteiger partial charge in [0.15, 0.2) is 0 Å². The van der Waals surface area contributed by atoms with Crippen LogP contribution in [0.1, 0.15) is 20.7 Å². The maximum absolute atomic E-state index is 14.1. The van der Waals surface area contributed by atoms with Crippen LogP contribution in [0.3, 0.4) is 0 Å². The lowest BCUT2D eigenvalue weighted by Crippen LogP contribution is -2.09. The molecular weight excluding hydrogens is 865 g/mol. The van der Waals surface area contributed by atoms with Crippen LogP contribution in [0.2, 0.25) is 0 Å². The van der Waals surface area contributed by atoms with Crippen LogP contribution < -0.4 is 9.47 Å². The van der Waals surface area contributed by atoms with Crippen LogP contribution in [-0.2, 0) is 0 Å². The standard InChI is InChI=1S/C62H38N4O4/c67-61(69-51-18-6-2-7-19-51)47-17-11-16-46(35-47)54-31-27-41-23-25-43-29-33-56(66-60(43)58(41)64-54)49-36-48(37-50(38-49)62(68)70-52-20-8-3-9-21-52)55-32-28-42-24-22-40-26-30-53(63-57(40)59(42)65-55)45-15-10-14-44(34-45)39-12-4-1-5-13-39/h1-38H. The predicted octanol–water partition coefficient (Wildman–Crippen LogP) is 14.7. The number of carbonyl (C=O) groups excluding carboxylic acids is 2. The Bertz CT molecular complexity index is 3990. The Morgan fingerprint density at radius 2 is 0.600 bits per heavy atom. The molecule has 0 atom stereocenters. The zero-order chi connectivity index (χ0) is 47.0. The first kappa shape index (κ1) is 41.7. The molecule has 0 bridgehead atoms. The highest BCUT2D eigenvalue weighted by Gasteiger charge is 2.18. The number of aromatic nitrogens is 4. The third kappa shape index (κ3) is 8.27. The molecule has 8 nitrogen and oxygen atoms in total. The summed E-state index contributed by atoms with van der Waals surface area (Å²) in [6.45, 7) is 0. The maximum atomic E-state index is 14.1. The van der Waals surface area contributed by atoms with Crippen LogP contribution in [0.15, 0.2) is 231 Å². The molecule has 70 heavy (non-hydrogen) atoms. The molecule has 8 aromatic carbocycles. The van der Waals surface area contributed by atoms with Gasteiger partial charge in [0.2, 0.25) is 0 Å². The van der Waals surface area contributed by atoms with E-state index in [1.807, 2.05) is 127 Å². The highest BCUT2D eigenvalue weighted by molar-refractivity contribution is 6.06. The van der Waals surface area contributed by atoms with E-state index in [4.69, 9.17) is 29.4 Å². The molecule has 12 aromatic rings. The number of nitrogens with zero attached hydrogens (tertiary/aromatic N) is 4. The lowest BCUT2D eigenvalue weighted by Gasteiger charge is -2.12. The highest BCUT2D eigenvalue weighted by atomic mass is 16.5. The molecule has 330 valence electrons. The highest BCUT2D eigenvalue weighted by Crippen LogP contribution is 2.35. The first-order chi connectivity index (χ1) is 34.5. The van der Waals surface area contributed by atoms with Crippen LogP contribution in [0.25, 0.3) is 99.8 Å². The zero-order valence-electron chi connectivity index (χ0n) is 37.4. The quantitative estimate of drug-likeness (QED) is 0.0801. The molecular formula is C62H38N4O4. The van der Waals surface area contributed by atoms with Crippen molar-refractivity contribution in [3.05, 3.63) is 242 Å². The minimum Gasteiger partial charge on any atom is -0.423 e. The van der Waals surface area contributed by atoms with Crippen molar-refractivity contribution in [3.63, 3.8) is 0 Å². The molecule has 0 N–H and O–H groups in total. The Labute approximate surface area is 402 Å². The smallest absolute Gasteiger partial charge is 0.343 e. The number of rotatable bonds is 9. The largest absolute Gasteiger partial charge is 0.423 e. The minimum atomic E-state index is -0.517. The molecule has 0 amide bonds. The maximum Gasteiger partial charge on any atom is 0.343 e. The van der Waals surface area contributed by atoms with Gasteiger partial charge in [-0.3, -0.25) is 0 Å². The van der Waals surface area contributed by atoms with Crippen molar-refractivity contribution in [2.45, 2.75) is 0 Å². The summed E-state index contributed by atoms with van der Waals surface area (Å²) in [6, 6.07) is 73.9. The van der Waals surface area contributed by atoms with Crippen LogP contribution in [0, 0.1) is 0 Å². The van der Waals surface area contributed by atoms with Crippen molar-refractivity contribution in [1.29, 1.82) is 0 Å². The van der Waals surface area contributed by atoms with Crippen molar-refractivity contribution in [2.75, 3.05) is 0 Å². The summed E-state index contributed by atoms with van der Waals surface area (Å²) in [6.07, 6.45) is 0. The SMILES string of the molecule is O=C(Oc1ccccc1)c1cccc(-c2ccc3ccc4ccc(-c5cc(C(=O)Oc6ccccc6)cc(-c6ccc7ccc8ccc(-c9cccc(-c%10ccccc%10)c9)nc8c7n6)c5)nc4c3n2)c1. The van der Waals surface area contributed by atoms with Crippen LogP contribution in [0.4, 0.5) is 0 Å². The van der Waals surface area contributed by atoms with Gasteiger partial charge in [0.25, 0.3) is 0 Å². The molecule has 0 fully saturated rings. The van der Waals surface area contributed by atoms with Gasteiger partial charge in [-0.1, -0.05) is 146 Å². The Morgan fingerprint density at radius 3 is 1.07 bits per heavy atom. The van der Waals surface area contributed by atoms with E-state index in [9.17, 15) is 9.59 Å². The van der Waals surface area contributed by atoms with E-state index >= 15 is 0 Å². The molecule has 0 unspecified atom stereocenters. The fraction of sp³-hybridized carbons (Fsp3) is 0. The topological polar surface area (TPSA) is 104 Å². The van der Waals surface area contributed by atoms with Crippen molar-refractivity contribution in [1.82, 2.24) is 19.9 Å². The van der Waals surface area contributed by atoms with Gasteiger partial charge < -0.3 is 9.47 Å². The summed E-state index contributed by atoms with van der Waals surface area (Å²) in [4.78, 5) is 48.1. The van der Waals surface area contributed by atoms with Crippen molar-refractivity contribution < 1.29 is 19.1 Å². The van der Waals surface area contributed by atoms with Crippen LogP contribution in [0.5, 0.6) is 11.5 Å². The monoisotopic (exact) mass is 902 g/mol. The molecule has 0 saturated heterocycles. The fourth-order valence-corrected chi connectivity index (χ4v) is 8.82. The van der Waals surface area contributed by atoms with Gasteiger partial charge >= 0.3 is 11.9 Å². The number of carbonyl (C=O) groups is 2. The van der Waals surface area contributed by atoms with Crippen molar-refractivity contribution in [2.24, 2.45) is 0 Å². The molecule has 0 aliphatic heterocycles. The van der Waals surface area contributed by atoms with Gasteiger partial charge in [0, 0.05) is 43.8 Å². The van der Waals surface area contributed by atoms with E-state index in [0.717, 1.165) is 60.5 Å². The molecule has 4 heterocycles. The third-order valence-electron chi connectivity index (χ3n) is 12.4.